The van der Waals surface area contributed by atoms with Crippen molar-refractivity contribution in [2.24, 2.45) is 11.8 Å². The lowest BCUT2D eigenvalue weighted by atomic mass is 9.88. The topological polar surface area (TPSA) is 28.2 Å². The van der Waals surface area contributed by atoms with Crippen molar-refractivity contribution >= 4 is 5.82 Å². The molecular weight excluding hydrogens is 222 g/mol. The van der Waals surface area contributed by atoms with Crippen LogP contribution in [0.1, 0.15) is 32.8 Å². The van der Waals surface area contributed by atoms with Gasteiger partial charge in [0.15, 0.2) is 0 Å². The molecule has 1 aliphatic heterocycles. The molecule has 2 rings (SSSR count). The summed E-state index contributed by atoms with van der Waals surface area (Å²) in [5.41, 5.74) is 1.32. The van der Waals surface area contributed by atoms with E-state index in [1.165, 1.54) is 25.1 Å². The molecule has 0 radical (unpaired) electrons. The third-order valence-corrected chi connectivity index (χ3v) is 4.05. The van der Waals surface area contributed by atoms with Crippen LogP contribution in [0, 0.1) is 11.8 Å². The summed E-state index contributed by atoms with van der Waals surface area (Å²) >= 11 is 0. The second-order valence-electron chi connectivity index (χ2n) is 5.52. The van der Waals surface area contributed by atoms with Crippen LogP contribution in [-0.4, -0.2) is 29.5 Å². The summed E-state index contributed by atoms with van der Waals surface area (Å²) in [6.07, 6.45) is 3.18. The lowest BCUT2D eigenvalue weighted by Gasteiger charge is -2.35. The maximum atomic E-state index is 4.43. The molecule has 1 aliphatic rings. The summed E-state index contributed by atoms with van der Waals surface area (Å²) in [5.74, 6) is 2.72. The Morgan fingerprint density at radius 3 is 2.94 bits per heavy atom. The zero-order chi connectivity index (χ0) is 13.0. The third-order valence-electron chi connectivity index (χ3n) is 4.05. The normalized spacial score (nSPS) is 25.1. The summed E-state index contributed by atoms with van der Waals surface area (Å²) in [6.45, 7) is 11.2. The molecule has 1 N–H and O–H groups in total. The van der Waals surface area contributed by atoms with Gasteiger partial charge in [0, 0.05) is 31.4 Å². The van der Waals surface area contributed by atoms with Gasteiger partial charge >= 0.3 is 0 Å². The molecule has 2 heterocycles. The van der Waals surface area contributed by atoms with E-state index in [2.05, 4.69) is 42.0 Å². The highest BCUT2D eigenvalue weighted by atomic mass is 15.1. The monoisotopic (exact) mass is 247 g/mol. The standard InChI is InChI=1S/C15H25N3/c1-4-16-15-14(6-5-8-17-15)11-18-9-7-12(2)13(3)10-18/h5-6,8,12-13H,4,7,9-11H2,1-3H3,(H,16,17). The molecular formula is C15H25N3. The summed E-state index contributed by atoms with van der Waals surface area (Å²) in [6, 6.07) is 4.22. The maximum Gasteiger partial charge on any atom is 0.130 e. The van der Waals surface area contributed by atoms with Crippen molar-refractivity contribution in [1.82, 2.24) is 9.88 Å². The molecule has 0 spiro atoms. The van der Waals surface area contributed by atoms with Gasteiger partial charge in [-0.3, -0.25) is 4.90 Å². The number of rotatable bonds is 4. The number of piperidine rings is 1. The highest BCUT2D eigenvalue weighted by Crippen LogP contribution is 2.24. The minimum Gasteiger partial charge on any atom is -0.370 e. The van der Waals surface area contributed by atoms with Crippen LogP contribution in [0.15, 0.2) is 18.3 Å². The summed E-state index contributed by atoms with van der Waals surface area (Å²) in [4.78, 5) is 6.99. The number of pyridine rings is 1. The highest BCUT2D eigenvalue weighted by molar-refractivity contribution is 5.43. The molecule has 2 unspecified atom stereocenters. The highest BCUT2D eigenvalue weighted by Gasteiger charge is 2.23. The Morgan fingerprint density at radius 1 is 1.39 bits per heavy atom. The van der Waals surface area contributed by atoms with Gasteiger partial charge in [0.25, 0.3) is 0 Å². The maximum absolute atomic E-state index is 4.43. The molecule has 0 aromatic carbocycles. The third kappa shape index (κ3) is 3.22. The lowest BCUT2D eigenvalue weighted by molar-refractivity contribution is 0.132. The molecule has 1 saturated heterocycles. The fourth-order valence-electron chi connectivity index (χ4n) is 2.63. The minimum absolute atomic E-state index is 0.804. The van der Waals surface area contributed by atoms with E-state index in [-0.39, 0.29) is 0 Å². The number of anilines is 1. The molecule has 2 atom stereocenters. The zero-order valence-corrected chi connectivity index (χ0v) is 11.8. The SMILES string of the molecule is CCNc1ncccc1CN1CCC(C)C(C)C1. The molecule has 3 nitrogen and oxygen atoms in total. The molecule has 0 aliphatic carbocycles. The van der Waals surface area contributed by atoms with E-state index in [1.54, 1.807) is 0 Å². The Morgan fingerprint density at radius 2 is 2.22 bits per heavy atom. The zero-order valence-electron chi connectivity index (χ0n) is 11.8. The minimum atomic E-state index is 0.804. The molecule has 0 bridgehead atoms. The van der Waals surface area contributed by atoms with E-state index in [9.17, 15) is 0 Å². The van der Waals surface area contributed by atoms with Crippen LogP contribution in [0.4, 0.5) is 5.82 Å². The van der Waals surface area contributed by atoms with Crippen LogP contribution in [0.25, 0.3) is 0 Å². The van der Waals surface area contributed by atoms with Gasteiger partial charge in [-0.05, 0) is 37.8 Å². The quantitative estimate of drug-likeness (QED) is 0.886. The molecule has 1 fully saturated rings. The van der Waals surface area contributed by atoms with Crippen molar-refractivity contribution < 1.29 is 0 Å². The largest absolute Gasteiger partial charge is 0.370 e. The van der Waals surface area contributed by atoms with Gasteiger partial charge in [0.1, 0.15) is 5.82 Å². The first-order valence-electron chi connectivity index (χ1n) is 7.10. The van der Waals surface area contributed by atoms with E-state index in [4.69, 9.17) is 0 Å². The first-order chi connectivity index (χ1) is 8.70. The summed E-state index contributed by atoms with van der Waals surface area (Å²) < 4.78 is 0. The average Bonchev–Trinajstić information content (AvgIpc) is 2.37. The van der Waals surface area contributed by atoms with E-state index >= 15 is 0 Å². The van der Waals surface area contributed by atoms with Gasteiger partial charge in [-0.1, -0.05) is 19.9 Å². The predicted octanol–water partition coefficient (Wildman–Crippen LogP) is 2.99. The number of nitrogens with one attached hydrogen (secondary N) is 1. The number of nitrogens with zero attached hydrogens (tertiary/aromatic N) is 2. The van der Waals surface area contributed by atoms with Crippen LogP contribution in [0.5, 0.6) is 0 Å². The van der Waals surface area contributed by atoms with Crippen molar-refractivity contribution in [2.45, 2.75) is 33.7 Å². The summed E-state index contributed by atoms with van der Waals surface area (Å²) in [5, 5.41) is 3.35. The second-order valence-corrected chi connectivity index (χ2v) is 5.52. The molecule has 0 saturated carbocycles. The van der Waals surface area contributed by atoms with E-state index in [0.29, 0.717) is 0 Å². The van der Waals surface area contributed by atoms with Gasteiger partial charge in [0.05, 0.1) is 0 Å². The van der Waals surface area contributed by atoms with Crippen molar-refractivity contribution in [2.75, 3.05) is 25.0 Å². The fraction of sp³-hybridized carbons (Fsp3) is 0.667. The molecule has 1 aromatic rings. The second kappa shape index (κ2) is 6.19. The van der Waals surface area contributed by atoms with E-state index < -0.39 is 0 Å². The van der Waals surface area contributed by atoms with Crippen LogP contribution < -0.4 is 5.32 Å². The number of aromatic nitrogens is 1. The molecule has 1 aromatic heterocycles. The van der Waals surface area contributed by atoms with Crippen LogP contribution in [-0.2, 0) is 6.54 Å². The van der Waals surface area contributed by atoms with E-state index in [1.807, 2.05) is 12.3 Å². The van der Waals surface area contributed by atoms with Crippen molar-refractivity contribution in [3.63, 3.8) is 0 Å². The molecule has 3 heteroatoms. The predicted molar refractivity (Wildman–Crippen MR) is 76.6 cm³/mol. The smallest absolute Gasteiger partial charge is 0.130 e. The fourth-order valence-corrected chi connectivity index (χ4v) is 2.63. The average molecular weight is 247 g/mol. The van der Waals surface area contributed by atoms with Gasteiger partial charge in [-0.25, -0.2) is 4.98 Å². The number of hydrogen-bond donors (Lipinski definition) is 1. The van der Waals surface area contributed by atoms with Crippen molar-refractivity contribution in [3.8, 4) is 0 Å². The molecule has 0 amide bonds. The van der Waals surface area contributed by atoms with Crippen molar-refractivity contribution in [3.05, 3.63) is 23.9 Å². The van der Waals surface area contributed by atoms with Gasteiger partial charge in [-0.2, -0.15) is 0 Å². The Labute approximate surface area is 111 Å². The van der Waals surface area contributed by atoms with Crippen LogP contribution in [0.3, 0.4) is 0 Å². The summed E-state index contributed by atoms with van der Waals surface area (Å²) in [7, 11) is 0. The number of hydrogen-bond acceptors (Lipinski definition) is 3. The van der Waals surface area contributed by atoms with Gasteiger partial charge in [-0.15, -0.1) is 0 Å². The molecule has 18 heavy (non-hydrogen) atoms. The van der Waals surface area contributed by atoms with E-state index in [0.717, 1.165) is 30.7 Å². The van der Waals surface area contributed by atoms with Gasteiger partial charge in [0.2, 0.25) is 0 Å². The Bertz CT molecular complexity index is 378. The van der Waals surface area contributed by atoms with Crippen LogP contribution >= 0.6 is 0 Å². The number of likely N-dealkylation sites (tertiary alicyclic amines) is 1. The molecule has 100 valence electrons. The Balaban J connectivity index is 2.01. The lowest BCUT2D eigenvalue weighted by Crippen LogP contribution is -2.38. The first kappa shape index (κ1) is 13.3. The van der Waals surface area contributed by atoms with Crippen molar-refractivity contribution in [1.29, 1.82) is 0 Å². The van der Waals surface area contributed by atoms with Gasteiger partial charge < -0.3 is 5.32 Å². The first-order valence-corrected chi connectivity index (χ1v) is 7.10. The van der Waals surface area contributed by atoms with Crippen LogP contribution in [0.2, 0.25) is 0 Å². The Kier molecular flexibility index (Phi) is 4.59. The Hall–Kier alpha value is -1.09.